The number of hydrogen-bond donors (Lipinski definition) is 0. The Balaban J connectivity index is 1.69. The van der Waals surface area contributed by atoms with Gasteiger partial charge in [0, 0.05) is 0 Å². The summed E-state index contributed by atoms with van der Waals surface area (Å²) >= 11 is 0. The van der Waals surface area contributed by atoms with Crippen molar-refractivity contribution in [2.75, 3.05) is 0 Å². The maximum absolute atomic E-state index is 13.0. The number of hydrogen-bond acceptors (Lipinski definition) is 2. The number of rotatable bonds is 5. The topological polar surface area (TPSA) is 34.1 Å². The normalized spacial score (nSPS) is 15.6. The van der Waals surface area contributed by atoms with Crippen LogP contribution in [0.15, 0.2) is 105 Å². The Morgan fingerprint density at radius 2 is 1.07 bits per heavy atom. The second kappa shape index (κ2) is 8.54. The van der Waals surface area contributed by atoms with E-state index in [0.717, 1.165) is 37.0 Å². The van der Waals surface area contributed by atoms with Gasteiger partial charge in [-0.15, -0.1) is 0 Å². The molecule has 28 heavy (non-hydrogen) atoms. The largest absolute Gasteiger partial charge is 0.223 e. The van der Waals surface area contributed by atoms with Crippen LogP contribution in [0.25, 0.3) is 0 Å². The molecule has 144 valence electrons. The van der Waals surface area contributed by atoms with E-state index in [1.54, 1.807) is 0 Å². The summed E-state index contributed by atoms with van der Waals surface area (Å²) in [6.45, 7) is 0. The van der Waals surface area contributed by atoms with Gasteiger partial charge in [-0.2, -0.15) is 0 Å². The molecule has 0 atom stereocenters. The Morgan fingerprint density at radius 1 is 0.607 bits per heavy atom. The monoisotopic (exact) mass is 409 g/mol. The van der Waals surface area contributed by atoms with Gasteiger partial charge in [-0.05, 0) is 61.4 Å². The lowest BCUT2D eigenvalue weighted by molar-refractivity contribution is 0.483. The van der Waals surface area contributed by atoms with Gasteiger partial charge in [-0.25, -0.2) is 8.42 Å². The van der Waals surface area contributed by atoms with E-state index < -0.39 is 9.84 Å². The Labute approximate surface area is 170 Å². The Kier molecular flexibility index (Phi) is 5.88. The molecular weight excluding hydrogens is 384 g/mol. The highest BCUT2D eigenvalue weighted by Crippen LogP contribution is 2.33. The van der Waals surface area contributed by atoms with Gasteiger partial charge in [-0.1, -0.05) is 55.7 Å². The first-order valence-electron chi connectivity index (χ1n) is 9.84. The van der Waals surface area contributed by atoms with Crippen molar-refractivity contribution < 1.29 is 8.42 Å². The third-order valence-corrected chi connectivity index (χ3v) is 9.85. The van der Waals surface area contributed by atoms with Crippen LogP contribution in [-0.2, 0) is 20.7 Å². The maximum Gasteiger partial charge on any atom is 0.181 e. The second-order valence-electron chi connectivity index (χ2n) is 7.21. The lowest BCUT2D eigenvalue weighted by atomic mass is 10.0. The summed E-state index contributed by atoms with van der Waals surface area (Å²) in [5, 5.41) is -0.214. The van der Waals surface area contributed by atoms with Crippen LogP contribution < -0.4 is 0 Å². The van der Waals surface area contributed by atoms with Gasteiger partial charge in [0.2, 0.25) is 0 Å². The van der Waals surface area contributed by atoms with Crippen molar-refractivity contribution in [3.05, 3.63) is 84.9 Å². The molecule has 0 N–H and O–H groups in total. The molecule has 1 saturated carbocycles. The summed E-state index contributed by atoms with van der Waals surface area (Å²) in [6.07, 6.45) is 4.79. The van der Waals surface area contributed by atoms with E-state index in [1.807, 2.05) is 36.4 Å². The zero-order valence-corrected chi connectivity index (χ0v) is 17.5. The van der Waals surface area contributed by atoms with Gasteiger partial charge in [-0.3, -0.25) is 0 Å². The Bertz CT molecular complexity index is 952. The number of benzene rings is 3. The van der Waals surface area contributed by atoms with E-state index >= 15 is 0 Å². The fourth-order valence-corrected chi connectivity index (χ4v) is 7.79. The highest BCUT2D eigenvalue weighted by atomic mass is 32.2. The lowest BCUT2D eigenvalue weighted by Gasteiger charge is -2.21. The van der Waals surface area contributed by atoms with Gasteiger partial charge in [0.1, 0.15) is 0 Å². The molecule has 1 aliphatic carbocycles. The van der Waals surface area contributed by atoms with Crippen molar-refractivity contribution in [2.45, 2.75) is 56.9 Å². The molecule has 4 heteroatoms. The summed E-state index contributed by atoms with van der Waals surface area (Å²) in [5.41, 5.74) is 0. The van der Waals surface area contributed by atoms with E-state index in [4.69, 9.17) is 0 Å². The smallest absolute Gasteiger partial charge is 0.181 e. The van der Waals surface area contributed by atoms with E-state index in [-0.39, 0.29) is 16.1 Å². The van der Waals surface area contributed by atoms with Gasteiger partial charge < -0.3 is 0 Å². The molecule has 0 radical (unpaired) electrons. The molecule has 0 spiro atoms. The minimum absolute atomic E-state index is 0.214. The standard InChI is InChI=1S/C24H25O2S2/c25-28(26,23-14-8-3-9-15-23)24-18-16-22(17-19-24)27(20-10-4-1-5-11-20)21-12-6-2-7-13-21/h1-2,4-7,10-13,16-19,23H,3,8-9,14-15H2/q+1. The highest BCUT2D eigenvalue weighted by molar-refractivity contribution is 7.97. The SMILES string of the molecule is O=S(=O)(c1ccc([S+](c2ccccc2)c2ccccc2)cc1)C1CCCCC1. The van der Waals surface area contributed by atoms with Crippen LogP contribution in [0, 0.1) is 0 Å². The average Bonchev–Trinajstić information content (AvgIpc) is 2.76. The van der Waals surface area contributed by atoms with Gasteiger partial charge >= 0.3 is 0 Å². The molecule has 1 fully saturated rings. The van der Waals surface area contributed by atoms with Gasteiger partial charge in [0.25, 0.3) is 0 Å². The summed E-state index contributed by atoms with van der Waals surface area (Å²) in [6, 6.07) is 28.5. The minimum Gasteiger partial charge on any atom is -0.223 e. The van der Waals surface area contributed by atoms with Crippen LogP contribution >= 0.6 is 0 Å². The van der Waals surface area contributed by atoms with Crippen molar-refractivity contribution in [1.82, 2.24) is 0 Å². The molecule has 3 aromatic carbocycles. The Morgan fingerprint density at radius 3 is 1.57 bits per heavy atom. The molecule has 4 rings (SSSR count). The average molecular weight is 410 g/mol. The van der Waals surface area contributed by atoms with Crippen LogP contribution in [0.5, 0.6) is 0 Å². The van der Waals surface area contributed by atoms with Crippen molar-refractivity contribution >= 4 is 20.7 Å². The molecule has 0 amide bonds. The first-order chi connectivity index (χ1) is 13.7. The van der Waals surface area contributed by atoms with Crippen LogP contribution in [-0.4, -0.2) is 13.7 Å². The van der Waals surface area contributed by atoms with Crippen molar-refractivity contribution in [1.29, 1.82) is 0 Å². The lowest BCUT2D eigenvalue weighted by Crippen LogP contribution is -2.24. The molecule has 0 unspecified atom stereocenters. The molecular formula is C24H25O2S2+. The molecule has 3 aromatic rings. The summed E-state index contributed by atoms with van der Waals surface area (Å²) in [7, 11) is -3.48. The van der Waals surface area contributed by atoms with Crippen molar-refractivity contribution in [3.8, 4) is 0 Å². The molecule has 2 nitrogen and oxygen atoms in total. The predicted molar refractivity (Wildman–Crippen MR) is 116 cm³/mol. The molecule has 1 aliphatic rings. The molecule has 0 heterocycles. The van der Waals surface area contributed by atoms with E-state index in [2.05, 4.69) is 48.5 Å². The molecule has 0 aliphatic heterocycles. The van der Waals surface area contributed by atoms with Crippen LogP contribution in [0.1, 0.15) is 32.1 Å². The first-order valence-corrected chi connectivity index (χ1v) is 12.6. The van der Waals surface area contributed by atoms with Gasteiger partial charge in [0.05, 0.1) is 21.0 Å². The zero-order valence-electron chi connectivity index (χ0n) is 15.8. The van der Waals surface area contributed by atoms with E-state index in [9.17, 15) is 8.42 Å². The second-order valence-corrected chi connectivity index (χ2v) is 11.5. The maximum atomic E-state index is 13.0. The van der Waals surface area contributed by atoms with Gasteiger partial charge in [0.15, 0.2) is 24.5 Å². The minimum atomic E-state index is -3.23. The fourth-order valence-electron chi connectivity index (χ4n) is 3.85. The predicted octanol–water partition coefficient (Wildman–Crippen LogP) is 5.89. The fraction of sp³-hybridized carbons (Fsp3) is 0.250. The molecule has 0 bridgehead atoms. The third kappa shape index (κ3) is 4.03. The summed E-state index contributed by atoms with van der Waals surface area (Å²) < 4.78 is 26.0. The molecule has 0 saturated heterocycles. The van der Waals surface area contributed by atoms with E-state index in [1.165, 1.54) is 9.79 Å². The third-order valence-electron chi connectivity index (χ3n) is 5.34. The van der Waals surface area contributed by atoms with E-state index in [0.29, 0.717) is 4.90 Å². The quantitative estimate of drug-likeness (QED) is 0.493. The zero-order chi connectivity index (χ0) is 19.4. The Hall–Kier alpha value is -2.04. The summed E-state index contributed by atoms with van der Waals surface area (Å²) in [4.78, 5) is 4.07. The van der Waals surface area contributed by atoms with Crippen LogP contribution in [0.2, 0.25) is 0 Å². The molecule has 0 aromatic heterocycles. The van der Waals surface area contributed by atoms with Crippen LogP contribution in [0.3, 0.4) is 0 Å². The van der Waals surface area contributed by atoms with Crippen LogP contribution in [0.4, 0.5) is 0 Å². The summed E-state index contributed by atoms with van der Waals surface area (Å²) in [5.74, 6) is 0. The number of sulfone groups is 1. The first kappa shape index (κ1) is 19.3. The highest BCUT2D eigenvalue weighted by Gasteiger charge is 2.31. The van der Waals surface area contributed by atoms with Crippen molar-refractivity contribution in [3.63, 3.8) is 0 Å². The van der Waals surface area contributed by atoms with Crippen molar-refractivity contribution in [2.24, 2.45) is 0 Å².